The molecule has 0 aromatic rings. The van der Waals surface area contributed by atoms with E-state index in [1.54, 1.807) is 0 Å². The highest BCUT2D eigenvalue weighted by Gasteiger charge is 2.22. The molecule has 168 valence electrons. The van der Waals surface area contributed by atoms with E-state index in [1.807, 2.05) is 13.8 Å². The monoisotopic (exact) mass is 397 g/mol. The zero-order valence-corrected chi connectivity index (χ0v) is 19.6. The largest absolute Gasteiger partial charge is 0.461 e. The molecule has 0 aliphatic heterocycles. The summed E-state index contributed by atoms with van der Waals surface area (Å²) < 4.78 is 5.81. The van der Waals surface area contributed by atoms with Crippen molar-refractivity contribution in [2.75, 3.05) is 0 Å². The molecule has 0 heterocycles. The van der Waals surface area contributed by atoms with Gasteiger partial charge in [0.15, 0.2) is 0 Å². The molecule has 0 spiro atoms. The van der Waals surface area contributed by atoms with E-state index in [-0.39, 0.29) is 18.0 Å². The lowest BCUT2D eigenvalue weighted by atomic mass is 10.0. The van der Waals surface area contributed by atoms with Gasteiger partial charge in [-0.2, -0.15) is 0 Å². The molecule has 2 atom stereocenters. The van der Waals surface area contributed by atoms with Gasteiger partial charge < -0.3 is 10.5 Å². The zero-order chi connectivity index (χ0) is 21.0. The van der Waals surface area contributed by atoms with Crippen LogP contribution in [0, 0.1) is 5.92 Å². The predicted molar refractivity (Wildman–Crippen MR) is 123 cm³/mol. The molecule has 0 radical (unpaired) electrons. The Morgan fingerprint density at radius 3 is 1.39 bits per heavy atom. The molecule has 3 heteroatoms. The van der Waals surface area contributed by atoms with Crippen LogP contribution in [0.5, 0.6) is 0 Å². The van der Waals surface area contributed by atoms with Crippen molar-refractivity contribution in [3.63, 3.8) is 0 Å². The van der Waals surface area contributed by atoms with Gasteiger partial charge in [0.1, 0.15) is 12.1 Å². The van der Waals surface area contributed by atoms with Gasteiger partial charge in [0, 0.05) is 0 Å². The van der Waals surface area contributed by atoms with Crippen LogP contribution in [-0.2, 0) is 9.53 Å². The number of unbranched alkanes of at least 4 members (excludes halogenated alkanes) is 13. The summed E-state index contributed by atoms with van der Waals surface area (Å²) in [6.07, 6.45) is 21.7. The van der Waals surface area contributed by atoms with Gasteiger partial charge in [0.05, 0.1) is 0 Å². The van der Waals surface area contributed by atoms with Gasteiger partial charge in [0.2, 0.25) is 0 Å². The fourth-order valence-electron chi connectivity index (χ4n) is 3.61. The Bertz CT molecular complexity index is 343. The smallest absolute Gasteiger partial charge is 0.323 e. The maximum atomic E-state index is 12.3. The van der Waals surface area contributed by atoms with E-state index in [9.17, 15) is 4.79 Å². The van der Waals surface area contributed by atoms with E-state index in [0.717, 1.165) is 19.3 Å². The molecule has 3 nitrogen and oxygen atoms in total. The lowest BCUT2D eigenvalue weighted by Gasteiger charge is -2.22. The van der Waals surface area contributed by atoms with E-state index in [2.05, 4.69) is 13.8 Å². The fraction of sp³-hybridized carbons (Fsp3) is 0.960. The van der Waals surface area contributed by atoms with Crippen LogP contribution in [0.1, 0.15) is 137 Å². The van der Waals surface area contributed by atoms with Crippen LogP contribution in [0.3, 0.4) is 0 Å². The summed E-state index contributed by atoms with van der Waals surface area (Å²) in [5, 5.41) is 0. The molecule has 0 aromatic carbocycles. The molecule has 0 aromatic heterocycles. The van der Waals surface area contributed by atoms with E-state index in [4.69, 9.17) is 10.5 Å². The van der Waals surface area contributed by atoms with Crippen molar-refractivity contribution in [3.8, 4) is 0 Å². The Balaban J connectivity index is 4.06. The molecule has 0 fully saturated rings. The molecule has 0 rings (SSSR count). The van der Waals surface area contributed by atoms with Gasteiger partial charge in [0.25, 0.3) is 0 Å². The molecule has 0 aliphatic rings. The number of carbonyl (C=O) groups is 1. The van der Waals surface area contributed by atoms with E-state index in [1.165, 1.54) is 89.9 Å². The average Bonchev–Trinajstić information content (AvgIpc) is 2.68. The number of carbonyl (C=O) groups excluding carboxylic acids is 1. The van der Waals surface area contributed by atoms with Gasteiger partial charge >= 0.3 is 5.97 Å². The minimum Gasteiger partial charge on any atom is -0.461 e. The maximum absolute atomic E-state index is 12.3. The third kappa shape index (κ3) is 16.4. The third-order valence-electron chi connectivity index (χ3n) is 5.78. The summed E-state index contributed by atoms with van der Waals surface area (Å²) in [4.78, 5) is 12.3. The van der Waals surface area contributed by atoms with Gasteiger partial charge in [-0.3, -0.25) is 4.79 Å². The molecule has 0 saturated carbocycles. The van der Waals surface area contributed by atoms with Crippen LogP contribution in [0.2, 0.25) is 0 Å². The minimum atomic E-state index is -0.491. The number of esters is 1. The van der Waals surface area contributed by atoms with Gasteiger partial charge in [-0.1, -0.05) is 111 Å². The van der Waals surface area contributed by atoms with Crippen LogP contribution in [0.4, 0.5) is 0 Å². The maximum Gasteiger partial charge on any atom is 0.323 e. The molecular weight excluding hydrogens is 346 g/mol. The molecular formula is C25H51NO2. The molecule has 28 heavy (non-hydrogen) atoms. The summed E-state index contributed by atoms with van der Waals surface area (Å²) in [6, 6.07) is -0.491. The molecule has 2 unspecified atom stereocenters. The second-order valence-corrected chi connectivity index (χ2v) is 9.00. The van der Waals surface area contributed by atoms with Crippen molar-refractivity contribution in [1.29, 1.82) is 0 Å². The normalized spacial score (nSPS) is 13.6. The Labute approximate surface area is 176 Å². The highest BCUT2D eigenvalue weighted by Crippen LogP contribution is 2.18. The minimum absolute atomic E-state index is 0.0630. The SMILES string of the molecule is CCCCCCCCCCCC(CCCCCCCC)OC(=O)C(N)C(C)C. The first kappa shape index (κ1) is 27.4. The molecule has 0 bridgehead atoms. The highest BCUT2D eigenvalue weighted by molar-refractivity contribution is 5.75. The van der Waals surface area contributed by atoms with Crippen molar-refractivity contribution in [2.45, 2.75) is 149 Å². The topological polar surface area (TPSA) is 52.3 Å². The van der Waals surface area contributed by atoms with Crippen molar-refractivity contribution in [1.82, 2.24) is 0 Å². The van der Waals surface area contributed by atoms with Crippen LogP contribution >= 0.6 is 0 Å². The van der Waals surface area contributed by atoms with Crippen LogP contribution in [-0.4, -0.2) is 18.1 Å². The average molecular weight is 398 g/mol. The first-order valence-corrected chi connectivity index (χ1v) is 12.5. The number of hydrogen-bond acceptors (Lipinski definition) is 3. The second kappa shape index (κ2) is 19.7. The summed E-state index contributed by atoms with van der Waals surface area (Å²) in [5.74, 6) is -0.0724. The summed E-state index contributed by atoms with van der Waals surface area (Å²) in [5.41, 5.74) is 5.99. The quantitative estimate of drug-likeness (QED) is 0.170. The van der Waals surface area contributed by atoms with E-state index < -0.39 is 6.04 Å². The molecule has 0 saturated heterocycles. The number of hydrogen-bond donors (Lipinski definition) is 1. The van der Waals surface area contributed by atoms with E-state index >= 15 is 0 Å². The number of nitrogens with two attached hydrogens (primary N) is 1. The lowest BCUT2D eigenvalue weighted by Crippen LogP contribution is -2.39. The highest BCUT2D eigenvalue weighted by atomic mass is 16.5. The van der Waals surface area contributed by atoms with Crippen LogP contribution in [0.25, 0.3) is 0 Å². The van der Waals surface area contributed by atoms with Crippen molar-refractivity contribution < 1.29 is 9.53 Å². The first-order chi connectivity index (χ1) is 13.5. The number of ether oxygens (including phenoxy) is 1. The predicted octanol–water partition coefficient (Wildman–Crippen LogP) is 7.55. The Morgan fingerprint density at radius 2 is 1.04 bits per heavy atom. The standard InChI is InChI=1S/C25H51NO2/c1-5-7-9-11-13-14-15-17-19-21-23(20-18-16-12-10-8-6-2)28-25(27)24(26)22(3)4/h22-24H,5-21,26H2,1-4H3. The fourth-order valence-corrected chi connectivity index (χ4v) is 3.61. The Hall–Kier alpha value is -0.570. The molecule has 0 amide bonds. The lowest BCUT2D eigenvalue weighted by molar-refractivity contribution is -0.152. The summed E-state index contributed by atoms with van der Waals surface area (Å²) in [7, 11) is 0. The molecule has 0 aliphatic carbocycles. The zero-order valence-electron chi connectivity index (χ0n) is 19.6. The van der Waals surface area contributed by atoms with Gasteiger partial charge in [-0.25, -0.2) is 0 Å². The summed E-state index contributed by atoms with van der Waals surface area (Å²) >= 11 is 0. The second-order valence-electron chi connectivity index (χ2n) is 9.00. The van der Waals surface area contributed by atoms with Crippen molar-refractivity contribution in [3.05, 3.63) is 0 Å². The number of rotatable bonds is 20. The van der Waals surface area contributed by atoms with Gasteiger partial charge in [-0.15, -0.1) is 0 Å². The first-order valence-electron chi connectivity index (χ1n) is 12.5. The molecule has 2 N–H and O–H groups in total. The van der Waals surface area contributed by atoms with Crippen molar-refractivity contribution >= 4 is 5.97 Å². The van der Waals surface area contributed by atoms with Crippen molar-refractivity contribution in [2.24, 2.45) is 11.7 Å². The van der Waals surface area contributed by atoms with Crippen LogP contribution in [0.15, 0.2) is 0 Å². The Kier molecular flexibility index (Phi) is 19.3. The van der Waals surface area contributed by atoms with E-state index in [0.29, 0.717) is 0 Å². The third-order valence-corrected chi connectivity index (χ3v) is 5.78. The summed E-state index contributed by atoms with van der Waals surface area (Å²) in [6.45, 7) is 8.48. The van der Waals surface area contributed by atoms with Gasteiger partial charge in [-0.05, 0) is 31.6 Å². The van der Waals surface area contributed by atoms with Crippen LogP contribution < -0.4 is 5.73 Å². The Morgan fingerprint density at radius 1 is 0.679 bits per heavy atom.